The van der Waals surface area contributed by atoms with Gasteiger partial charge in [0.1, 0.15) is 11.6 Å². The van der Waals surface area contributed by atoms with Gasteiger partial charge in [-0.15, -0.1) is 0 Å². The Kier molecular flexibility index (Phi) is 5.95. The van der Waals surface area contributed by atoms with E-state index in [2.05, 4.69) is 9.71 Å². The number of aromatic nitrogens is 1. The highest BCUT2D eigenvalue weighted by Gasteiger charge is 2.10. The van der Waals surface area contributed by atoms with Gasteiger partial charge in [0.15, 0.2) is 0 Å². The molecule has 0 unspecified atom stereocenters. The summed E-state index contributed by atoms with van der Waals surface area (Å²) in [6.07, 6.45) is 3.03. The van der Waals surface area contributed by atoms with Crippen molar-refractivity contribution < 1.29 is 17.5 Å². The molecule has 7 heteroatoms. The summed E-state index contributed by atoms with van der Waals surface area (Å²) >= 11 is 0. The molecule has 2 aromatic carbocycles. The number of rotatable bonds is 7. The van der Waals surface area contributed by atoms with Crippen molar-refractivity contribution in [3.63, 3.8) is 0 Å². The maximum atomic E-state index is 13.3. The minimum atomic E-state index is -3.65. The van der Waals surface area contributed by atoms with Gasteiger partial charge >= 0.3 is 0 Å². The zero-order valence-electron chi connectivity index (χ0n) is 14.2. The Labute approximate surface area is 157 Å². The Balaban J connectivity index is 1.70. The fourth-order valence-corrected chi connectivity index (χ4v) is 3.04. The van der Waals surface area contributed by atoms with Crippen molar-refractivity contribution in [2.75, 3.05) is 0 Å². The molecule has 0 aliphatic heterocycles. The van der Waals surface area contributed by atoms with E-state index in [4.69, 9.17) is 4.74 Å². The summed E-state index contributed by atoms with van der Waals surface area (Å²) in [7, 11) is -3.65. The van der Waals surface area contributed by atoms with E-state index in [-0.39, 0.29) is 18.2 Å². The van der Waals surface area contributed by atoms with Crippen LogP contribution in [-0.4, -0.2) is 13.4 Å². The van der Waals surface area contributed by atoms with Crippen LogP contribution in [0.15, 0.2) is 78.3 Å². The second kappa shape index (κ2) is 8.57. The zero-order valence-corrected chi connectivity index (χ0v) is 15.1. The molecule has 1 N–H and O–H groups in total. The smallest absolute Gasteiger partial charge is 0.234 e. The second-order valence-electron chi connectivity index (χ2n) is 5.61. The van der Waals surface area contributed by atoms with Crippen LogP contribution in [0, 0.1) is 5.82 Å². The van der Waals surface area contributed by atoms with E-state index in [1.807, 2.05) is 18.2 Å². The normalized spacial score (nSPS) is 11.6. The maximum Gasteiger partial charge on any atom is 0.234 e. The van der Waals surface area contributed by atoms with Crippen LogP contribution < -0.4 is 9.46 Å². The number of hydrogen-bond acceptors (Lipinski definition) is 4. The van der Waals surface area contributed by atoms with Crippen LogP contribution in [-0.2, 0) is 16.6 Å². The maximum absolute atomic E-state index is 13.3. The number of nitrogens with one attached hydrogen (secondary N) is 1. The summed E-state index contributed by atoms with van der Waals surface area (Å²) in [6, 6.07) is 18.1. The Morgan fingerprint density at radius 2 is 1.85 bits per heavy atom. The third kappa shape index (κ3) is 5.73. The zero-order chi connectivity index (χ0) is 19.1. The van der Waals surface area contributed by atoms with Crippen molar-refractivity contribution in [3.05, 3.63) is 95.3 Å². The van der Waals surface area contributed by atoms with Gasteiger partial charge in [-0.3, -0.25) is 0 Å². The van der Waals surface area contributed by atoms with Gasteiger partial charge in [-0.25, -0.2) is 22.5 Å². The summed E-state index contributed by atoms with van der Waals surface area (Å²) in [5, 5.41) is 1.10. The first-order chi connectivity index (χ1) is 13.0. The highest BCUT2D eigenvalue weighted by Crippen LogP contribution is 2.23. The van der Waals surface area contributed by atoms with Gasteiger partial charge in [-0.1, -0.05) is 42.5 Å². The van der Waals surface area contributed by atoms with Crippen molar-refractivity contribution in [1.29, 1.82) is 0 Å². The highest BCUT2D eigenvalue weighted by atomic mass is 32.2. The van der Waals surface area contributed by atoms with Gasteiger partial charge in [0, 0.05) is 29.8 Å². The van der Waals surface area contributed by atoms with Crippen molar-refractivity contribution in [1.82, 2.24) is 9.71 Å². The largest absolute Gasteiger partial charge is 0.439 e. The number of benzene rings is 2. The van der Waals surface area contributed by atoms with Crippen LogP contribution in [0.4, 0.5) is 4.39 Å². The Bertz CT molecular complexity index is 1040. The van der Waals surface area contributed by atoms with E-state index in [0.29, 0.717) is 5.56 Å². The SMILES string of the molecule is O=S(=O)(C=Cc1ccccc1)NCc1cccnc1Oc1cccc(F)c1. The lowest BCUT2D eigenvalue weighted by atomic mass is 10.2. The lowest BCUT2D eigenvalue weighted by Gasteiger charge is -2.10. The predicted octanol–water partition coefficient (Wildman–Crippen LogP) is 4.10. The van der Waals surface area contributed by atoms with Gasteiger partial charge < -0.3 is 4.74 Å². The lowest BCUT2D eigenvalue weighted by molar-refractivity contribution is 0.451. The molecule has 0 saturated heterocycles. The molecule has 0 aliphatic rings. The summed E-state index contributed by atoms with van der Waals surface area (Å²) in [5.74, 6) is 0.0522. The number of pyridine rings is 1. The minimum absolute atomic E-state index is 0.0139. The monoisotopic (exact) mass is 384 g/mol. The molecule has 0 bridgehead atoms. The molecule has 0 amide bonds. The molecular weight excluding hydrogens is 367 g/mol. The van der Waals surface area contributed by atoms with Crippen LogP contribution in [0.5, 0.6) is 11.6 Å². The third-order valence-corrected chi connectivity index (χ3v) is 4.60. The van der Waals surface area contributed by atoms with Crippen LogP contribution in [0.2, 0.25) is 0 Å². The summed E-state index contributed by atoms with van der Waals surface area (Å²) in [6.45, 7) is -0.0139. The van der Waals surface area contributed by atoms with E-state index >= 15 is 0 Å². The van der Waals surface area contributed by atoms with E-state index in [9.17, 15) is 12.8 Å². The number of halogens is 1. The summed E-state index contributed by atoms with van der Waals surface area (Å²) in [5.41, 5.74) is 1.30. The van der Waals surface area contributed by atoms with Crippen LogP contribution in [0.3, 0.4) is 0 Å². The minimum Gasteiger partial charge on any atom is -0.439 e. The van der Waals surface area contributed by atoms with Crippen LogP contribution >= 0.6 is 0 Å². The van der Waals surface area contributed by atoms with Crippen LogP contribution in [0.25, 0.3) is 6.08 Å². The first-order valence-electron chi connectivity index (χ1n) is 8.12. The number of ether oxygens (including phenoxy) is 1. The first-order valence-corrected chi connectivity index (χ1v) is 9.67. The summed E-state index contributed by atoms with van der Waals surface area (Å²) in [4.78, 5) is 4.10. The fourth-order valence-electron chi connectivity index (χ4n) is 2.25. The number of nitrogens with zero attached hydrogens (tertiary/aromatic N) is 1. The Hall–Kier alpha value is -3.03. The molecule has 1 aromatic heterocycles. The van der Waals surface area contributed by atoms with E-state index in [1.165, 1.54) is 30.5 Å². The van der Waals surface area contributed by atoms with Crippen molar-refractivity contribution >= 4 is 16.1 Å². The van der Waals surface area contributed by atoms with Gasteiger partial charge in [-0.05, 0) is 29.8 Å². The molecule has 0 spiro atoms. The molecular formula is C20H17FN2O3S. The van der Waals surface area contributed by atoms with E-state index in [1.54, 1.807) is 30.3 Å². The molecule has 5 nitrogen and oxygen atoms in total. The average molecular weight is 384 g/mol. The molecule has 27 heavy (non-hydrogen) atoms. The Morgan fingerprint density at radius 3 is 2.63 bits per heavy atom. The standard InChI is InChI=1S/C20H17FN2O3S/c21-18-9-4-10-19(14-18)26-20-17(8-5-12-22-20)15-23-27(24,25)13-11-16-6-2-1-3-7-16/h1-14,23H,15H2. The molecule has 0 fully saturated rings. The molecule has 0 radical (unpaired) electrons. The average Bonchev–Trinajstić information content (AvgIpc) is 2.67. The van der Waals surface area contributed by atoms with Gasteiger partial charge in [0.05, 0.1) is 0 Å². The number of sulfonamides is 1. The van der Waals surface area contributed by atoms with Crippen molar-refractivity contribution in [3.8, 4) is 11.6 Å². The molecule has 1 heterocycles. The molecule has 0 saturated carbocycles. The van der Waals surface area contributed by atoms with E-state index in [0.717, 1.165) is 11.0 Å². The Morgan fingerprint density at radius 1 is 1.04 bits per heavy atom. The van der Waals surface area contributed by atoms with Gasteiger partial charge in [0.2, 0.25) is 15.9 Å². The molecule has 138 valence electrons. The third-order valence-electron chi connectivity index (χ3n) is 3.56. The van der Waals surface area contributed by atoms with Gasteiger partial charge in [-0.2, -0.15) is 0 Å². The summed E-state index contributed by atoms with van der Waals surface area (Å²) < 4.78 is 45.7. The lowest BCUT2D eigenvalue weighted by Crippen LogP contribution is -2.21. The molecule has 3 aromatic rings. The fraction of sp³-hybridized carbons (Fsp3) is 0.0500. The van der Waals surface area contributed by atoms with Crippen molar-refractivity contribution in [2.45, 2.75) is 6.54 Å². The second-order valence-corrected chi connectivity index (χ2v) is 7.26. The topological polar surface area (TPSA) is 68.3 Å². The quantitative estimate of drug-likeness (QED) is 0.666. The van der Waals surface area contributed by atoms with Crippen molar-refractivity contribution in [2.24, 2.45) is 0 Å². The van der Waals surface area contributed by atoms with Gasteiger partial charge in [0.25, 0.3) is 0 Å². The molecule has 0 atom stereocenters. The highest BCUT2D eigenvalue weighted by molar-refractivity contribution is 7.92. The molecule has 3 rings (SSSR count). The number of hydrogen-bond donors (Lipinski definition) is 1. The van der Waals surface area contributed by atoms with Crippen LogP contribution in [0.1, 0.15) is 11.1 Å². The predicted molar refractivity (Wildman–Crippen MR) is 102 cm³/mol. The van der Waals surface area contributed by atoms with E-state index < -0.39 is 15.8 Å². The first kappa shape index (κ1) is 18.8. The molecule has 0 aliphatic carbocycles.